The first kappa shape index (κ1) is 11.7. The van der Waals surface area contributed by atoms with Crippen molar-refractivity contribution in [1.29, 1.82) is 5.26 Å². The van der Waals surface area contributed by atoms with Crippen LogP contribution in [0.15, 0.2) is 15.9 Å². The van der Waals surface area contributed by atoms with Crippen molar-refractivity contribution in [3.8, 4) is 16.5 Å². The number of rotatable bonds is 1. The number of thiophene rings is 1. The Bertz CT molecular complexity index is 669. The third-order valence-electron chi connectivity index (χ3n) is 3.18. The van der Waals surface area contributed by atoms with Crippen LogP contribution in [0.3, 0.4) is 0 Å². The molecule has 0 radical (unpaired) electrons. The van der Waals surface area contributed by atoms with Crippen molar-refractivity contribution in [2.45, 2.75) is 19.3 Å². The van der Waals surface area contributed by atoms with E-state index in [2.05, 4.69) is 27.0 Å². The van der Waals surface area contributed by atoms with Gasteiger partial charge in [-0.2, -0.15) is 5.26 Å². The third kappa shape index (κ3) is 1.73. The van der Waals surface area contributed by atoms with Gasteiger partial charge in [-0.05, 0) is 46.8 Å². The number of aryl methyl sites for hydroxylation is 1. The highest BCUT2D eigenvalue weighted by Gasteiger charge is 2.23. The van der Waals surface area contributed by atoms with Gasteiger partial charge in [0.25, 0.3) is 0 Å². The van der Waals surface area contributed by atoms with E-state index < -0.39 is 0 Å². The molecule has 0 aliphatic heterocycles. The molecule has 0 saturated heterocycles. The van der Waals surface area contributed by atoms with Crippen molar-refractivity contribution in [3.63, 3.8) is 0 Å². The molecule has 0 atom stereocenters. The summed E-state index contributed by atoms with van der Waals surface area (Å²) in [6.45, 7) is 0. The maximum atomic E-state index is 9.32. The van der Waals surface area contributed by atoms with Gasteiger partial charge in [-0.3, -0.25) is 0 Å². The van der Waals surface area contributed by atoms with Crippen LogP contribution in [0.5, 0.6) is 0 Å². The molecule has 2 heterocycles. The lowest BCUT2D eigenvalue weighted by atomic mass is 10.0. The first-order chi connectivity index (χ1) is 8.70. The van der Waals surface area contributed by atoms with Crippen LogP contribution in [0.2, 0.25) is 0 Å². The van der Waals surface area contributed by atoms with Gasteiger partial charge in [0.15, 0.2) is 0 Å². The van der Waals surface area contributed by atoms with E-state index in [0.717, 1.165) is 39.9 Å². The zero-order valence-corrected chi connectivity index (χ0v) is 11.9. The van der Waals surface area contributed by atoms with E-state index >= 15 is 0 Å². The number of nitrogens with two attached hydrogens (primary N) is 1. The van der Waals surface area contributed by atoms with Crippen molar-refractivity contribution in [1.82, 2.24) is 4.98 Å². The molecule has 0 saturated carbocycles. The van der Waals surface area contributed by atoms with E-state index in [1.807, 2.05) is 11.4 Å². The van der Waals surface area contributed by atoms with E-state index in [4.69, 9.17) is 5.73 Å². The minimum absolute atomic E-state index is 0.359. The summed E-state index contributed by atoms with van der Waals surface area (Å²) in [5.74, 6) is 0.359. The van der Waals surface area contributed by atoms with Crippen LogP contribution in [-0.4, -0.2) is 4.98 Å². The summed E-state index contributed by atoms with van der Waals surface area (Å²) < 4.78 is 1.04. The smallest absolute Gasteiger partial charge is 0.142 e. The van der Waals surface area contributed by atoms with E-state index in [1.54, 1.807) is 11.3 Å². The molecular formula is C13H10BrN3S. The number of fused-ring (bicyclic) bond motifs is 1. The molecule has 3 nitrogen and oxygen atoms in total. The average Bonchev–Trinajstić information content (AvgIpc) is 2.95. The fourth-order valence-corrected chi connectivity index (χ4v) is 3.94. The molecule has 90 valence electrons. The maximum absolute atomic E-state index is 9.32. The van der Waals surface area contributed by atoms with Crippen molar-refractivity contribution in [3.05, 3.63) is 32.7 Å². The van der Waals surface area contributed by atoms with Gasteiger partial charge in [0.2, 0.25) is 0 Å². The van der Waals surface area contributed by atoms with Crippen molar-refractivity contribution in [2.75, 3.05) is 5.73 Å². The second-order valence-electron chi connectivity index (χ2n) is 4.27. The third-order valence-corrected chi connectivity index (χ3v) is 4.89. The van der Waals surface area contributed by atoms with Gasteiger partial charge in [-0.25, -0.2) is 4.98 Å². The largest absolute Gasteiger partial charge is 0.383 e. The highest BCUT2D eigenvalue weighted by molar-refractivity contribution is 9.10. The van der Waals surface area contributed by atoms with Crippen LogP contribution in [0.4, 0.5) is 5.82 Å². The lowest BCUT2D eigenvalue weighted by Gasteiger charge is -2.10. The van der Waals surface area contributed by atoms with Crippen molar-refractivity contribution in [2.24, 2.45) is 0 Å². The Morgan fingerprint density at radius 3 is 2.94 bits per heavy atom. The topological polar surface area (TPSA) is 62.7 Å². The molecule has 0 amide bonds. The van der Waals surface area contributed by atoms with E-state index in [0.29, 0.717) is 11.4 Å². The Hall–Kier alpha value is -1.38. The van der Waals surface area contributed by atoms with E-state index in [1.165, 1.54) is 5.56 Å². The van der Waals surface area contributed by atoms with Crippen molar-refractivity contribution >= 4 is 33.1 Å². The van der Waals surface area contributed by atoms with Crippen LogP contribution in [0, 0.1) is 11.3 Å². The Labute approximate surface area is 117 Å². The molecular weight excluding hydrogens is 310 g/mol. The number of aromatic nitrogens is 1. The summed E-state index contributed by atoms with van der Waals surface area (Å²) in [6.07, 6.45) is 3.04. The van der Waals surface area contributed by atoms with Gasteiger partial charge in [0.05, 0.1) is 0 Å². The maximum Gasteiger partial charge on any atom is 0.142 e. The molecule has 3 rings (SSSR count). The predicted octanol–water partition coefficient (Wildman–Crippen LogP) is 3.52. The molecule has 18 heavy (non-hydrogen) atoms. The molecule has 0 fully saturated rings. The van der Waals surface area contributed by atoms with Crippen LogP contribution in [0.25, 0.3) is 10.4 Å². The monoisotopic (exact) mass is 319 g/mol. The number of anilines is 1. The highest BCUT2D eigenvalue weighted by Crippen LogP contribution is 2.40. The number of hydrogen-bond acceptors (Lipinski definition) is 4. The van der Waals surface area contributed by atoms with Crippen molar-refractivity contribution < 1.29 is 0 Å². The van der Waals surface area contributed by atoms with Crippen LogP contribution in [-0.2, 0) is 12.8 Å². The van der Waals surface area contributed by atoms with Gasteiger partial charge in [0, 0.05) is 26.0 Å². The Morgan fingerprint density at radius 2 is 2.28 bits per heavy atom. The molecule has 0 aromatic carbocycles. The second kappa shape index (κ2) is 4.38. The lowest BCUT2D eigenvalue weighted by molar-refractivity contribution is 0.900. The number of hydrogen-bond donors (Lipinski definition) is 1. The number of halogens is 1. The molecule has 2 aromatic rings. The summed E-state index contributed by atoms with van der Waals surface area (Å²) in [7, 11) is 0. The summed E-state index contributed by atoms with van der Waals surface area (Å²) >= 11 is 5.08. The normalized spacial score (nSPS) is 13.3. The molecule has 2 N–H and O–H groups in total. The first-order valence-corrected chi connectivity index (χ1v) is 7.33. The Kier molecular flexibility index (Phi) is 2.84. The molecule has 1 aliphatic rings. The summed E-state index contributed by atoms with van der Waals surface area (Å²) in [5, 5.41) is 11.3. The second-order valence-corrected chi connectivity index (χ2v) is 6.09. The minimum Gasteiger partial charge on any atom is -0.383 e. The van der Waals surface area contributed by atoms with Crippen LogP contribution in [0.1, 0.15) is 23.2 Å². The minimum atomic E-state index is 0.359. The fourth-order valence-electron chi connectivity index (χ4n) is 2.43. The Morgan fingerprint density at radius 1 is 1.44 bits per heavy atom. The number of pyridine rings is 1. The fraction of sp³-hybridized carbons (Fsp3) is 0.231. The van der Waals surface area contributed by atoms with Crippen LogP contribution < -0.4 is 5.73 Å². The molecule has 0 bridgehead atoms. The van der Waals surface area contributed by atoms with Gasteiger partial charge in [0.1, 0.15) is 17.5 Å². The van der Waals surface area contributed by atoms with Gasteiger partial charge < -0.3 is 5.73 Å². The predicted molar refractivity (Wildman–Crippen MR) is 76.4 cm³/mol. The van der Waals surface area contributed by atoms with Gasteiger partial charge in [-0.15, -0.1) is 11.3 Å². The molecule has 5 heteroatoms. The van der Waals surface area contributed by atoms with Crippen LogP contribution >= 0.6 is 27.3 Å². The van der Waals surface area contributed by atoms with E-state index in [-0.39, 0.29) is 0 Å². The van der Waals surface area contributed by atoms with Gasteiger partial charge in [-0.1, -0.05) is 0 Å². The number of nitrogen functional groups attached to an aromatic ring is 1. The highest BCUT2D eigenvalue weighted by atomic mass is 79.9. The first-order valence-electron chi connectivity index (χ1n) is 5.66. The lowest BCUT2D eigenvalue weighted by Crippen LogP contribution is -2.02. The molecule has 2 aromatic heterocycles. The zero-order valence-electron chi connectivity index (χ0n) is 9.53. The molecule has 1 aliphatic carbocycles. The molecule has 0 unspecified atom stereocenters. The zero-order chi connectivity index (χ0) is 12.7. The average molecular weight is 320 g/mol. The number of nitrogens with zero attached hydrogens (tertiary/aromatic N) is 2. The summed E-state index contributed by atoms with van der Waals surface area (Å²) in [6, 6.07) is 4.25. The Balaban J connectivity index is 2.33. The SMILES string of the molecule is N#Cc1c(N)nc2c(c1-c1cc(Br)cs1)CCC2. The molecule has 0 spiro atoms. The standard InChI is InChI=1S/C13H10BrN3S/c14-7-4-11(18-6-7)12-8-2-1-3-10(8)17-13(16)9(12)5-15/h4,6H,1-3H2,(H2,16,17). The van der Waals surface area contributed by atoms with E-state index in [9.17, 15) is 5.26 Å². The van der Waals surface area contributed by atoms with Gasteiger partial charge >= 0.3 is 0 Å². The summed E-state index contributed by atoms with van der Waals surface area (Å²) in [4.78, 5) is 5.45. The number of nitriles is 1. The summed E-state index contributed by atoms with van der Waals surface area (Å²) in [5.41, 5.74) is 9.69. The quantitative estimate of drug-likeness (QED) is 0.874.